The highest BCUT2D eigenvalue weighted by atomic mass is 16.5. The molecular formula is C13H27NO2. The number of hydrogen-bond acceptors (Lipinski definition) is 3. The zero-order valence-corrected chi connectivity index (χ0v) is 11.4. The number of hydrogen-bond donors (Lipinski definition) is 1. The Morgan fingerprint density at radius 2 is 1.75 bits per heavy atom. The summed E-state index contributed by atoms with van der Waals surface area (Å²) in [5.74, 6) is 0.601. The van der Waals surface area contributed by atoms with Crippen LogP contribution >= 0.6 is 0 Å². The maximum atomic E-state index is 11.3. The zero-order chi connectivity index (χ0) is 12.6. The minimum absolute atomic E-state index is 0.0226. The van der Waals surface area contributed by atoms with Crippen LogP contribution < -0.4 is 5.32 Å². The Balaban J connectivity index is 3.49. The van der Waals surface area contributed by atoms with Crippen molar-refractivity contribution >= 4 is 5.97 Å². The van der Waals surface area contributed by atoms with E-state index >= 15 is 0 Å². The lowest BCUT2D eigenvalue weighted by atomic mass is 10.0. The predicted octanol–water partition coefficient (Wildman–Crippen LogP) is 2.74. The van der Waals surface area contributed by atoms with Crippen molar-refractivity contribution in [2.45, 2.75) is 66.0 Å². The summed E-state index contributed by atoms with van der Waals surface area (Å²) in [5, 5.41) is 3.19. The van der Waals surface area contributed by atoms with Crippen LogP contribution in [0.1, 0.15) is 53.9 Å². The van der Waals surface area contributed by atoms with Gasteiger partial charge in [0.15, 0.2) is 0 Å². The molecule has 0 aromatic carbocycles. The van der Waals surface area contributed by atoms with Crippen molar-refractivity contribution in [3.05, 3.63) is 0 Å². The molecular weight excluding hydrogens is 202 g/mol. The quantitative estimate of drug-likeness (QED) is 0.650. The summed E-state index contributed by atoms with van der Waals surface area (Å²) >= 11 is 0. The average Bonchev–Trinajstić information content (AvgIpc) is 2.13. The van der Waals surface area contributed by atoms with Crippen molar-refractivity contribution in [1.82, 2.24) is 5.32 Å². The normalized spacial score (nSPS) is 13.2. The molecule has 0 saturated heterocycles. The maximum absolute atomic E-state index is 11.3. The first-order valence-corrected chi connectivity index (χ1v) is 6.34. The van der Waals surface area contributed by atoms with E-state index in [2.05, 4.69) is 26.1 Å². The second-order valence-corrected chi connectivity index (χ2v) is 5.15. The third-order valence-corrected chi connectivity index (χ3v) is 2.38. The summed E-state index contributed by atoms with van der Waals surface area (Å²) in [6, 6.07) is 0.387. The first-order valence-electron chi connectivity index (χ1n) is 6.34. The summed E-state index contributed by atoms with van der Waals surface area (Å²) in [7, 11) is 0. The van der Waals surface area contributed by atoms with Gasteiger partial charge < -0.3 is 10.1 Å². The lowest BCUT2D eigenvalue weighted by Gasteiger charge is -2.14. The number of rotatable bonds is 8. The van der Waals surface area contributed by atoms with E-state index in [1.807, 2.05) is 13.8 Å². The monoisotopic (exact) mass is 229 g/mol. The van der Waals surface area contributed by atoms with Gasteiger partial charge in [0.1, 0.15) is 0 Å². The van der Waals surface area contributed by atoms with Gasteiger partial charge in [-0.25, -0.2) is 0 Å². The highest BCUT2D eigenvalue weighted by Gasteiger charge is 2.08. The van der Waals surface area contributed by atoms with Gasteiger partial charge in [-0.15, -0.1) is 0 Å². The molecule has 0 radical (unpaired) electrons. The first kappa shape index (κ1) is 15.4. The standard InChI is InChI=1S/C13H27NO2/c1-10(2)7-6-8-12(5)14-9-13(15)16-11(3)4/h10-12,14H,6-9H2,1-5H3. The summed E-state index contributed by atoms with van der Waals surface area (Å²) < 4.78 is 5.04. The highest BCUT2D eigenvalue weighted by Crippen LogP contribution is 2.07. The van der Waals surface area contributed by atoms with Crippen LogP contribution in [0, 0.1) is 5.92 Å². The molecule has 16 heavy (non-hydrogen) atoms. The second-order valence-electron chi connectivity index (χ2n) is 5.15. The van der Waals surface area contributed by atoms with Crippen molar-refractivity contribution in [3.63, 3.8) is 0 Å². The van der Waals surface area contributed by atoms with Gasteiger partial charge in [0, 0.05) is 6.04 Å². The Morgan fingerprint density at radius 1 is 1.12 bits per heavy atom. The largest absolute Gasteiger partial charge is 0.462 e. The van der Waals surface area contributed by atoms with Gasteiger partial charge in [0.05, 0.1) is 12.6 Å². The number of carbonyl (C=O) groups excluding carboxylic acids is 1. The van der Waals surface area contributed by atoms with Crippen molar-refractivity contribution in [2.24, 2.45) is 5.92 Å². The molecule has 0 fully saturated rings. The predicted molar refractivity (Wildman–Crippen MR) is 67.4 cm³/mol. The zero-order valence-electron chi connectivity index (χ0n) is 11.4. The van der Waals surface area contributed by atoms with Gasteiger partial charge in [0.2, 0.25) is 0 Å². The molecule has 96 valence electrons. The van der Waals surface area contributed by atoms with Gasteiger partial charge in [-0.05, 0) is 33.1 Å². The van der Waals surface area contributed by atoms with Crippen LogP contribution in [0.15, 0.2) is 0 Å². The molecule has 0 rings (SSSR count). The van der Waals surface area contributed by atoms with E-state index in [0.717, 1.165) is 12.3 Å². The Labute approximate surface area is 99.9 Å². The average molecular weight is 229 g/mol. The molecule has 0 heterocycles. The van der Waals surface area contributed by atoms with Crippen LogP contribution in [0.2, 0.25) is 0 Å². The molecule has 0 amide bonds. The van der Waals surface area contributed by atoms with Crippen LogP contribution in [-0.2, 0) is 9.53 Å². The molecule has 3 heteroatoms. The SMILES string of the molecule is CC(C)CCCC(C)NCC(=O)OC(C)C. The molecule has 0 saturated carbocycles. The van der Waals surface area contributed by atoms with Gasteiger partial charge in [-0.1, -0.05) is 26.7 Å². The number of nitrogens with one attached hydrogen (secondary N) is 1. The summed E-state index contributed by atoms with van der Waals surface area (Å²) in [5.41, 5.74) is 0. The Morgan fingerprint density at radius 3 is 2.25 bits per heavy atom. The van der Waals surface area contributed by atoms with E-state index in [1.54, 1.807) is 0 Å². The van der Waals surface area contributed by atoms with Crippen molar-refractivity contribution in [2.75, 3.05) is 6.54 Å². The smallest absolute Gasteiger partial charge is 0.320 e. The Hall–Kier alpha value is -0.570. The van der Waals surface area contributed by atoms with Crippen LogP contribution in [0.5, 0.6) is 0 Å². The lowest BCUT2D eigenvalue weighted by molar-refractivity contribution is -0.146. The van der Waals surface area contributed by atoms with Crippen molar-refractivity contribution < 1.29 is 9.53 Å². The van der Waals surface area contributed by atoms with Gasteiger partial charge in [0.25, 0.3) is 0 Å². The molecule has 0 aliphatic carbocycles. The van der Waals surface area contributed by atoms with E-state index in [9.17, 15) is 4.79 Å². The molecule has 3 nitrogen and oxygen atoms in total. The minimum atomic E-state index is -0.161. The molecule has 0 aliphatic rings. The summed E-state index contributed by atoms with van der Waals surface area (Å²) in [4.78, 5) is 11.3. The number of ether oxygens (including phenoxy) is 1. The highest BCUT2D eigenvalue weighted by molar-refractivity contribution is 5.71. The van der Waals surface area contributed by atoms with E-state index in [0.29, 0.717) is 12.6 Å². The number of carbonyl (C=O) groups is 1. The van der Waals surface area contributed by atoms with Crippen LogP contribution in [0.25, 0.3) is 0 Å². The molecule has 0 spiro atoms. The summed E-state index contributed by atoms with van der Waals surface area (Å²) in [6.45, 7) is 10.6. The second kappa shape index (κ2) is 8.57. The van der Waals surface area contributed by atoms with Gasteiger partial charge in [-0.2, -0.15) is 0 Å². The minimum Gasteiger partial charge on any atom is -0.462 e. The third kappa shape index (κ3) is 9.97. The molecule has 1 unspecified atom stereocenters. The Bertz CT molecular complexity index is 190. The fourth-order valence-corrected chi connectivity index (χ4v) is 1.50. The fraction of sp³-hybridized carbons (Fsp3) is 0.923. The molecule has 0 aliphatic heterocycles. The maximum Gasteiger partial charge on any atom is 0.320 e. The van der Waals surface area contributed by atoms with Crippen LogP contribution in [0.4, 0.5) is 0 Å². The summed E-state index contributed by atoms with van der Waals surface area (Å²) in [6.07, 6.45) is 3.56. The van der Waals surface area contributed by atoms with E-state index in [-0.39, 0.29) is 12.1 Å². The molecule has 0 bridgehead atoms. The lowest BCUT2D eigenvalue weighted by Crippen LogP contribution is -2.33. The fourth-order valence-electron chi connectivity index (χ4n) is 1.50. The van der Waals surface area contributed by atoms with Crippen molar-refractivity contribution in [1.29, 1.82) is 0 Å². The molecule has 1 N–H and O–H groups in total. The molecule has 1 atom stereocenters. The topological polar surface area (TPSA) is 38.3 Å². The first-order chi connectivity index (χ1) is 7.41. The Kier molecular flexibility index (Phi) is 8.26. The van der Waals surface area contributed by atoms with E-state index in [1.165, 1.54) is 12.8 Å². The van der Waals surface area contributed by atoms with Gasteiger partial charge in [-0.3, -0.25) is 4.79 Å². The van der Waals surface area contributed by atoms with Crippen LogP contribution in [-0.4, -0.2) is 24.7 Å². The van der Waals surface area contributed by atoms with E-state index < -0.39 is 0 Å². The van der Waals surface area contributed by atoms with Crippen LogP contribution in [0.3, 0.4) is 0 Å². The molecule has 0 aromatic rings. The number of esters is 1. The van der Waals surface area contributed by atoms with Gasteiger partial charge >= 0.3 is 5.97 Å². The molecule has 0 aromatic heterocycles. The van der Waals surface area contributed by atoms with E-state index in [4.69, 9.17) is 4.74 Å². The third-order valence-electron chi connectivity index (χ3n) is 2.38. The van der Waals surface area contributed by atoms with Crippen molar-refractivity contribution in [3.8, 4) is 0 Å².